The minimum atomic E-state index is -0.506. The topological polar surface area (TPSA) is 63.1 Å². The SMILES string of the molecule is C#CC(=O)Nc1ccc(NC)c(-c2cn(C)c(=O)c3ccccc23)c1. The average molecular weight is 331 g/mol. The van der Waals surface area contributed by atoms with E-state index < -0.39 is 5.91 Å². The highest BCUT2D eigenvalue weighted by atomic mass is 16.1. The van der Waals surface area contributed by atoms with Gasteiger partial charge < -0.3 is 15.2 Å². The Morgan fingerprint density at radius 3 is 2.52 bits per heavy atom. The van der Waals surface area contributed by atoms with Gasteiger partial charge in [-0.3, -0.25) is 9.59 Å². The summed E-state index contributed by atoms with van der Waals surface area (Å²) in [6.45, 7) is 0. The third kappa shape index (κ3) is 2.98. The molecule has 0 fully saturated rings. The van der Waals surface area contributed by atoms with Gasteiger partial charge in [0.15, 0.2) is 0 Å². The summed E-state index contributed by atoms with van der Waals surface area (Å²) >= 11 is 0. The smallest absolute Gasteiger partial charge is 0.300 e. The molecule has 5 nitrogen and oxygen atoms in total. The van der Waals surface area contributed by atoms with Gasteiger partial charge in [0.25, 0.3) is 11.5 Å². The Balaban J connectivity index is 2.29. The molecule has 0 bridgehead atoms. The minimum absolute atomic E-state index is 0.0536. The molecule has 2 aromatic carbocycles. The summed E-state index contributed by atoms with van der Waals surface area (Å²) in [7, 11) is 3.55. The standard InChI is InChI=1S/C20H17N3O2/c1-4-19(24)22-13-9-10-18(21-2)16(11-13)17-12-23(3)20(25)15-8-6-5-7-14(15)17/h1,5-12,21H,2-3H3,(H,22,24). The summed E-state index contributed by atoms with van der Waals surface area (Å²) < 4.78 is 1.56. The number of carbonyl (C=O) groups excluding carboxylic acids is 1. The van der Waals surface area contributed by atoms with Gasteiger partial charge in [0.2, 0.25) is 0 Å². The lowest BCUT2D eigenvalue weighted by molar-refractivity contribution is -0.111. The molecule has 0 unspecified atom stereocenters. The molecule has 25 heavy (non-hydrogen) atoms. The number of aromatic nitrogens is 1. The quantitative estimate of drug-likeness (QED) is 0.726. The second kappa shape index (κ2) is 6.54. The highest BCUT2D eigenvalue weighted by Crippen LogP contribution is 2.34. The summed E-state index contributed by atoms with van der Waals surface area (Å²) in [6, 6.07) is 12.9. The maximum Gasteiger partial charge on any atom is 0.300 e. The van der Waals surface area contributed by atoms with Crippen LogP contribution < -0.4 is 16.2 Å². The van der Waals surface area contributed by atoms with Gasteiger partial charge in [-0.15, -0.1) is 6.42 Å². The van der Waals surface area contributed by atoms with E-state index >= 15 is 0 Å². The molecule has 0 spiro atoms. The predicted octanol–water partition coefficient (Wildman–Crippen LogP) is 2.82. The molecule has 0 saturated heterocycles. The number of rotatable bonds is 3. The molecule has 1 amide bonds. The maximum absolute atomic E-state index is 12.4. The number of pyridine rings is 1. The Kier molecular flexibility index (Phi) is 4.27. The first-order valence-electron chi connectivity index (χ1n) is 7.73. The Hall–Kier alpha value is -3.52. The fourth-order valence-corrected chi connectivity index (χ4v) is 2.86. The van der Waals surface area contributed by atoms with Crippen LogP contribution in [0.1, 0.15) is 0 Å². The Bertz CT molecular complexity index is 1070. The van der Waals surface area contributed by atoms with E-state index in [0.29, 0.717) is 11.1 Å². The number of hydrogen-bond acceptors (Lipinski definition) is 3. The van der Waals surface area contributed by atoms with Crippen LogP contribution in [-0.4, -0.2) is 17.5 Å². The first-order chi connectivity index (χ1) is 12.0. The highest BCUT2D eigenvalue weighted by Gasteiger charge is 2.13. The highest BCUT2D eigenvalue weighted by molar-refractivity contribution is 6.05. The molecule has 0 saturated carbocycles. The fraction of sp³-hybridized carbons (Fsp3) is 0.100. The van der Waals surface area contributed by atoms with Crippen LogP contribution in [0.25, 0.3) is 21.9 Å². The van der Waals surface area contributed by atoms with Crippen molar-refractivity contribution in [1.82, 2.24) is 4.57 Å². The number of benzene rings is 2. The summed E-state index contributed by atoms with van der Waals surface area (Å²) in [5.74, 6) is 1.53. The zero-order valence-corrected chi connectivity index (χ0v) is 14.0. The van der Waals surface area contributed by atoms with Crippen molar-refractivity contribution in [3.05, 3.63) is 59.0 Å². The van der Waals surface area contributed by atoms with E-state index in [4.69, 9.17) is 6.42 Å². The van der Waals surface area contributed by atoms with Crippen LogP contribution >= 0.6 is 0 Å². The number of nitrogens with one attached hydrogen (secondary N) is 2. The molecule has 3 rings (SSSR count). The summed E-state index contributed by atoms with van der Waals surface area (Å²) in [4.78, 5) is 23.9. The molecule has 0 aliphatic rings. The molecule has 124 valence electrons. The van der Waals surface area contributed by atoms with E-state index in [1.54, 1.807) is 23.9 Å². The first-order valence-corrected chi connectivity index (χ1v) is 7.73. The lowest BCUT2D eigenvalue weighted by Crippen LogP contribution is -2.16. The Labute approximate surface area is 145 Å². The number of aryl methyl sites for hydroxylation is 1. The molecular formula is C20H17N3O2. The van der Waals surface area contributed by atoms with Crippen LogP contribution in [0.15, 0.2) is 53.5 Å². The molecule has 0 aliphatic carbocycles. The van der Waals surface area contributed by atoms with E-state index in [2.05, 4.69) is 10.6 Å². The van der Waals surface area contributed by atoms with Gasteiger partial charge >= 0.3 is 0 Å². The van der Waals surface area contributed by atoms with Gasteiger partial charge in [-0.1, -0.05) is 18.2 Å². The second-order valence-corrected chi connectivity index (χ2v) is 5.61. The van der Waals surface area contributed by atoms with Crippen molar-refractivity contribution in [2.24, 2.45) is 7.05 Å². The van der Waals surface area contributed by atoms with Crippen LogP contribution in [0, 0.1) is 12.3 Å². The van der Waals surface area contributed by atoms with E-state index in [9.17, 15) is 9.59 Å². The van der Waals surface area contributed by atoms with Crippen LogP contribution in [0.3, 0.4) is 0 Å². The minimum Gasteiger partial charge on any atom is -0.388 e. The number of nitrogens with zero attached hydrogens (tertiary/aromatic N) is 1. The third-order valence-corrected chi connectivity index (χ3v) is 4.06. The van der Waals surface area contributed by atoms with Crippen molar-refractivity contribution in [3.63, 3.8) is 0 Å². The number of anilines is 2. The first kappa shape index (κ1) is 16.3. The van der Waals surface area contributed by atoms with Gasteiger partial charge in [-0.05, 0) is 35.6 Å². The Morgan fingerprint density at radius 2 is 1.84 bits per heavy atom. The van der Waals surface area contributed by atoms with E-state index in [-0.39, 0.29) is 5.56 Å². The maximum atomic E-state index is 12.4. The largest absolute Gasteiger partial charge is 0.388 e. The zero-order chi connectivity index (χ0) is 18.0. The monoisotopic (exact) mass is 331 g/mol. The molecule has 2 N–H and O–H groups in total. The van der Waals surface area contributed by atoms with Crippen molar-refractivity contribution in [3.8, 4) is 23.5 Å². The van der Waals surface area contributed by atoms with Gasteiger partial charge in [-0.25, -0.2) is 0 Å². The van der Waals surface area contributed by atoms with Crippen molar-refractivity contribution in [2.75, 3.05) is 17.7 Å². The molecule has 1 heterocycles. The van der Waals surface area contributed by atoms with Crippen molar-refractivity contribution < 1.29 is 4.79 Å². The molecule has 0 radical (unpaired) electrons. The fourth-order valence-electron chi connectivity index (χ4n) is 2.86. The third-order valence-electron chi connectivity index (χ3n) is 4.06. The van der Waals surface area contributed by atoms with Crippen molar-refractivity contribution in [2.45, 2.75) is 0 Å². The van der Waals surface area contributed by atoms with Crippen LogP contribution in [0.2, 0.25) is 0 Å². The van der Waals surface area contributed by atoms with Gasteiger partial charge in [0.1, 0.15) is 0 Å². The van der Waals surface area contributed by atoms with Gasteiger partial charge in [-0.2, -0.15) is 0 Å². The molecule has 3 aromatic rings. The molecular weight excluding hydrogens is 314 g/mol. The van der Waals surface area contributed by atoms with Crippen molar-refractivity contribution in [1.29, 1.82) is 0 Å². The number of hydrogen-bond donors (Lipinski definition) is 2. The molecule has 1 aromatic heterocycles. The van der Waals surface area contributed by atoms with Crippen LogP contribution in [0.5, 0.6) is 0 Å². The molecule has 5 heteroatoms. The lowest BCUT2D eigenvalue weighted by Gasteiger charge is -2.15. The normalized spacial score (nSPS) is 10.3. The number of fused-ring (bicyclic) bond motifs is 1. The summed E-state index contributed by atoms with van der Waals surface area (Å²) in [5.41, 5.74) is 3.17. The number of amides is 1. The summed E-state index contributed by atoms with van der Waals surface area (Å²) in [6.07, 6.45) is 6.92. The van der Waals surface area contributed by atoms with Crippen LogP contribution in [-0.2, 0) is 11.8 Å². The van der Waals surface area contributed by atoms with E-state index in [1.807, 2.05) is 49.4 Å². The number of terminal acetylenes is 1. The second-order valence-electron chi connectivity index (χ2n) is 5.61. The number of carbonyl (C=O) groups is 1. The summed E-state index contributed by atoms with van der Waals surface area (Å²) in [5, 5.41) is 7.29. The lowest BCUT2D eigenvalue weighted by atomic mass is 9.98. The average Bonchev–Trinajstić information content (AvgIpc) is 2.64. The van der Waals surface area contributed by atoms with Gasteiger partial charge in [0.05, 0.1) is 0 Å². The van der Waals surface area contributed by atoms with Crippen molar-refractivity contribution >= 4 is 28.1 Å². The predicted molar refractivity (Wildman–Crippen MR) is 102 cm³/mol. The van der Waals surface area contributed by atoms with Gasteiger partial charge in [0, 0.05) is 48.2 Å². The van der Waals surface area contributed by atoms with E-state index in [1.165, 1.54) is 0 Å². The van der Waals surface area contributed by atoms with Crippen LogP contribution in [0.4, 0.5) is 11.4 Å². The molecule has 0 aliphatic heterocycles. The van der Waals surface area contributed by atoms with E-state index in [0.717, 1.165) is 22.2 Å². The Morgan fingerprint density at radius 1 is 1.12 bits per heavy atom. The zero-order valence-electron chi connectivity index (χ0n) is 14.0. The molecule has 0 atom stereocenters.